The van der Waals surface area contributed by atoms with Crippen molar-refractivity contribution in [1.29, 1.82) is 0 Å². The number of benzene rings is 2. The van der Waals surface area contributed by atoms with Crippen LogP contribution >= 0.6 is 0 Å². The minimum Gasteiger partial charge on any atom is -0.496 e. The molecule has 0 N–H and O–H groups in total. The van der Waals surface area contributed by atoms with Crippen LogP contribution in [0.5, 0.6) is 11.5 Å². The second-order valence-electron chi connectivity index (χ2n) is 7.86. The summed E-state index contributed by atoms with van der Waals surface area (Å²) in [4.78, 5) is 6.52. The highest BCUT2D eigenvalue weighted by Gasteiger charge is 2.23. The highest BCUT2D eigenvalue weighted by atomic mass is 19.1. The number of hydrogen-bond donors (Lipinski definition) is 0. The molecule has 2 aromatic carbocycles. The first-order valence-electron chi connectivity index (χ1n) is 10.0. The maximum Gasteiger partial charge on any atom is 0.183 e. The van der Waals surface area contributed by atoms with Crippen molar-refractivity contribution < 1.29 is 13.9 Å². The molecule has 0 fully saturated rings. The predicted octanol–water partition coefficient (Wildman–Crippen LogP) is 4.68. The molecule has 3 heterocycles. The number of ether oxygens (including phenoxy) is 2. The smallest absolute Gasteiger partial charge is 0.183 e. The number of aromatic nitrogens is 4. The van der Waals surface area contributed by atoms with E-state index in [0.29, 0.717) is 35.0 Å². The number of rotatable bonds is 4. The minimum absolute atomic E-state index is 0.201. The molecule has 4 aromatic rings. The molecule has 0 bridgehead atoms. The van der Waals surface area contributed by atoms with Crippen molar-refractivity contribution in [3.63, 3.8) is 0 Å². The molecule has 0 saturated carbocycles. The van der Waals surface area contributed by atoms with Crippen LogP contribution < -0.4 is 14.4 Å². The van der Waals surface area contributed by atoms with Crippen molar-refractivity contribution in [3.05, 3.63) is 48.7 Å². The Hall–Kier alpha value is -3.68. The van der Waals surface area contributed by atoms with Crippen molar-refractivity contribution in [2.45, 2.75) is 19.9 Å². The number of fused-ring (bicyclic) bond motifs is 2. The predicted molar refractivity (Wildman–Crippen MR) is 117 cm³/mol. The molecule has 0 radical (unpaired) electrons. The average molecular weight is 419 g/mol. The van der Waals surface area contributed by atoms with E-state index in [9.17, 15) is 4.39 Å². The van der Waals surface area contributed by atoms with E-state index in [2.05, 4.69) is 29.0 Å². The average Bonchev–Trinajstić information content (AvgIpc) is 3.37. The van der Waals surface area contributed by atoms with E-state index in [1.807, 2.05) is 28.6 Å². The van der Waals surface area contributed by atoms with E-state index in [0.717, 1.165) is 22.3 Å². The molecule has 8 heteroatoms. The second kappa shape index (κ2) is 7.23. The molecule has 0 atom stereocenters. The Balaban J connectivity index is 1.68. The van der Waals surface area contributed by atoms with Crippen LogP contribution in [-0.2, 0) is 0 Å². The maximum absolute atomic E-state index is 15.0. The lowest BCUT2D eigenvalue weighted by Gasteiger charge is -2.14. The molecule has 31 heavy (non-hydrogen) atoms. The van der Waals surface area contributed by atoms with Crippen molar-refractivity contribution in [3.8, 4) is 33.8 Å². The second-order valence-corrected chi connectivity index (χ2v) is 7.86. The molecule has 1 aliphatic rings. The summed E-state index contributed by atoms with van der Waals surface area (Å²) in [5.74, 6) is 0.931. The van der Waals surface area contributed by atoms with Gasteiger partial charge in [0.1, 0.15) is 22.8 Å². The summed E-state index contributed by atoms with van der Waals surface area (Å²) in [6.07, 6.45) is 3.42. The van der Waals surface area contributed by atoms with Crippen LogP contribution in [0.3, 0.4) is 0 Å². The molecule has 0 spiro atoms. The van der Waals surface area contributed by atoms with Gasteiger partial charge in [0.15, 0.2) is 12.4 Å². The van der Waals surface area contributed by atoms with Gasteiger partial charge in [0.2, 0.25) is 0 Å². The van der Waals surface area contributed by atoms with Crippen LogP contribution in [0.1, 0.15) is 19.9 Å². The Kier molecular flexibility index (Phi) is 4.50. The highest BCUT2D eigenvalue weighted by molar-refractivity contribution is 5.91. The summed E-state index contributed by atoms with van der Waals surface area (Å²) in [5, 5.41) is 8.42. The van der Waals surface area contributed by atoms with Gasteiger partial charge in [0.05, 0.1) is 25.3 Å². The Morgan fingerprint density at radius 3 is 2.74 bits per heavy atom. The van der Waals surface area contributed by atoms with Crippen molar-refractivity contribution in [1.82, 2.24) is 19.7 Å². The van der Waals surface area contributed by atoms with Gasteiger partial charge in [-0.3, -0.25) is 0 Å². The summed E-state index contributed by atoms with van der Waals surface area (Å²) in [5.41, 5.74) is 4.98. The Morgan fingerprint density at radius 1 is 1.13 bits per heavy atom. The largest absolute Gasteiger partial charge is 0.496 e. The van der Waals surface area contributed by atoms with Gasteiger partial charge in [-0.05, 0) is 37.6 Å². The number of methoxy groups -OCH3 is 1. The van der Waals surface area contributed by atoms with Crippen LogP contribution in [0.2, 0.25) is 0 Å². The monoisotopic (exact) mass is 419 g/mol. The third kappa shape index (κ3) is 3.06. The van der Waals surface area contributed by atoms with Crippen LogP contribution in [-0.4, -0.2) is 40.6 Å². The van der Waals surface area contributed by atoms with Crippen molar-refractivity contribution >= 4 is 16.9 Å². The standard InChI is InChI=1S/C23H22FN5O2/c1-13(2)29-11-25-22-17(10-26-27-23(22)29)14-5-6-18(24)15(7-14)16-8-21-19(9-20(16)30-4)28(3)12-31-21/h5-11,13H,12H2,1-4H3. The van der Waals surface area contributed by atoms with Gasteiger partial charge < -0.3 is 18.9 Å². The molecule has 0 saturated heterocycles. The van der Waals surface area contributed by atoms with Gasteiger partial charge in [-0.1, -0.05) is 6.07 Å². The molecule has 1 aliphatic heterocycles. The molecular weight excluding hydrogens is 397 g/mol. The highest BCUT2D eigenvalue weighted by Crippen LogP contribution is 2.44. The van der Waals surface area contributed by atoms with Gasteiger partial charge in [0.25, 0.3) is 0 Å². The molecule has 0 amide bonds. The SMILES string of the molecule is COc1cc2c(cc1-c1cc(-c3cnnc4c3ncn4C(C)C)ccc1F)OCN2C. The Morgan fingerprint density at radius 2 is 1.97 bits per heavy atom. The zero-order valence-electron chi connectivity index (χ0n) is 17.8. The summed E-state index contributed by atoms with van der Waals surface area (Å²) in [6.45, 7) is 4.57. The molecule has 7 nitrogen and oxygen atoms in total. The fourth-order valence-electron chi connectivity index (χ4n) is 3.91. The molecule has 0 aliphatic carbocycles. The van der Waals surface area contributed by atoms with Crippen LogP contribution in [0.25, 0.3) is 33.4 Å². The molecule has 5 rings (SSSR count). The minimum atomic E-state index is -0.348. The number of nitrogens with zero attached hydrogens (tertiary/aromatic N) is 5. The van der Waals surface area contributed by atoms with Gasteiger partial charge in [-0.2, -0.15) is 5.10 Å². The molecule has 158 valence electrons. The lowest BCUT2D eigenvalue weighted by atomic mass is 9.97. The van der Waals surface area contributed by atoms with Crippen molar-refractivity contribution in [2.75, 3.05) is 25.8 Å². The fraction of sp³-hybridized carbons (Fsp3) is 0.261. The third-order valence-corrected chi connectivity index (χ3v) is 5.59. The first-order valence-corrected chi connectivity index (χ1v) is 10.0. The number of anilines is 1. The van der Waals surface area contributed by atoms with Crippen LogP contribution in [0.4, 0.5) is 10.1 Å². The lowest BCUT2D eigenvalue weighted by Crippen LogP contribution is -2.14. The Bertz CT molecular complexity index is 1300. The van der Waals surface area contributed by atoms with E-state index in [1.165, 1.54) is 6.07 Å². The van der Waals surface area contributed by atoms with Gasteiger partial charge >= 0.3 is 0 Å². The quantitative estimate of drug-likeness (QED) is 0.479. The fourth-order valence-corrected chi connectivity index (χ4v) is 3.91. The van der Waals surface area contributed by atoms with E-state index >= 15 is 0 Å². The van der Waals surface area contributed by atoms with E-state index in [-0.39, 0.29) is 11.9 Å². The number of halogens is 1. The molecule has 2 aromatic heterocycles. The topological polar surface area (TPSA) is 65.3 Å². The molecular formula is C23H22FN5O2. The van der Waals surface area contributed by atoms with Gasteiger partial charge in [0, 0.05) is 35.8 Å². The van der Waals surface area contributed by atoms with Gasteiger partial charge in [-0.15, -0.1) is 5.10 Å². The molecule has 0 unspecified atom stereocenters. The summed E-state index contributed by atoms with van der Waals surface area (Å²) in [6, 6.07) is 8.88. The van der Waals surface area contributed by atoms with E-state index < -0.39 is 0 Å². The summed E-state index contributed by atoms with van der Waals surface area (Å²) < 4.78 is 28.3. The normalized spacial score (nSPS) is 13.0. The number of hydrogen-bond acceptors (Lipinski definition) is 6. The summed E-state index contributed by atoms with van der Waals surface area (Å²) in [7, 11) is 3.52. The van der Waals surface area contributed by atoms with Crippen molar-refractivity contribution in [2.24, 2.45) is 0 Å². The first-order chi connectivity index (χ1) is 15.0. The third-order valence-electron chi connectivity index (χ3n) is 5.59. The lowest BCUT2D eigenvalue weighted by molar-refractivity contribution is 0.353. The van der Waals surface area contributed by atoms with Crippen LogP contribution in [0.15, 0.2) is 42.9 Å². The van der Waals surface area contributed by atoms with E-state index in [4.69, 9.17) is 9.47 Å². The first kappa shape index (κ1) is 19.3. The maximum atomic E-state index is 15.0. The number of imidazole rings is 1. The zero-order valence-corrected chi connectivity index (χ0v) is 17.8. The van der Waals surface area contributed by atoms with Gasteiger partial charge in [-0.25, -0.2) is 9.37 Å². The van der Waals surface area contributed by atoms with E-state index in [1.54, 1.807) is 31.8 Å². The Labute approximate surface area is 179 Å². The zero-order chi connectivity index (χ0) is 21.7. The van der Waals surface area contributed by atoms with Crippen LogP contribution in [0, 0.1) is 5.82 Å². The summed E-state index contributed by atoms with van der Waals surface area (Å²) >= 11 is 0.